The van der Waals surface area contributed by atoms with Crippen molar-refractivity contribution in [1.29, 1.82) is 0 Å². The Morgan fingerprint density at radius 3 is 2.79 bits per heavy atom. The van der Waals surface area contributed by atoms with Crippen molar-refractivity contribution in [3.8, 4) is 0 Å². The number of amides is 2. The van der Waals surface area contributed by atoms with Gasteiger partial charge in [-0.2, -0.15) is 0 Å². The summed E-state index contributed by atoms with van der Waals surface area (Å²) in [5.41, 5.74) is 2.04. The van der Waals surface area contributed by atoms with Crippen molar-refractivity contribution in [2.75, 3.05) is 19.7 Å². The Labute approximate surface area is 141 Å². The van der Waals surface area contributed by atoms with E-state index in [-0.39, 0.29) is 12.5 Å². The Kier molecular flexibility index (Phi) is 5.03. The van der Waals surface area contributed by atoms with E-state index in [0.717, 1.165) is 42.4 Å². The van der Waals surface area contributed by atoms with Crippen LogP contribution >= 0.6 is 0 Å². The number of H-pyrrole nitrogens is 1. The maximum absolute atomic E-state index is 12.8. The van der Waals surface area contributed by atoms with Crippen LogP contribution in [0.15, 0.2) is 30.5 Å². The number of nitrogens with one attached hydrogen (secondary N) is 2. The number of para-hydroxylation sites is 1. The van der Waals surface area contributed by atoms with Gasteiger partial charge in [0.25, 0.3) is 0 Å². The van der Waals surface area contributed by atoms with Crippen molar-refractivity contribution < 1.29 is 14.3 Å². The highest BCUT2D eigenvalue weighted by Gasteiger charge is 2.29. The van der Waals surface area contributed by atoms with Crippen molar-refractivity contribution in [3.63, 3.8) is 0 Å². The molecule has 1 fully saturated rings. The SMILES string of the molecule is CCOC(=O)N[C@@H](Cc1c[nH]c2ccccc12)C(=O)N1CCCC1. The second-order valence-corrected chi connectivity index (χ2v) is 6.01. The topological polar surface area (TPSA) is 74.4 Å². The number of aromatic amines is 1. The third kappa shape index (κ3) is 3.53. The van der Waals surface area contributed by atoms with Crippen LogP contribution in [0.3, 0.4) is 0 Å². The number of rotatable bonds is 5. The van der Waals surface area contributed by atoms with Crippen molar-refractivity contribution in [2.24, 2.45) is 0 Å². The first kappa shape index (κ1) is 16.4. The minimum absolute atomic E-state index is 0.0363. The third-order valence-corrected chi connectivity index (χ3v) is 4.38. The lowest BCUT2D eigenvalue weighted by molar-refractivity contribution is -0.132. The van der Waals surface area contributed by atoms with Crippen LogP contribution in [0, 0.1) is 0 Å². The number of likely N-dealkylation sites (tertiary alicyclic amines) is 1. The summed E-state index contributed by atoms with van der Waals surface area (Å²) in [5.74, 6) is -0.0363. The Morgan fingerprint density at radius 2 is 2.04 bits per heavy atom. The van der Waals surface area contributed by atoms with Crippen LogP contribution in [0.5, 0.6) is 0 Å². The molecule has 1 atom stereocenters. The lowest BCUT2D eigenvalue weighted by Crippen LogP contribution is -2.49. The highest BCUT2D eigenvalue weighted by Crippen LogP contribution is 2.20. The van der Waals surface area contributed by atoms with E-state index in [1.54, 1.807) is 6.92 Å². The van der Waals surface area contributed by atoms with Gasteiger partial charge in [-0.05, 0) is 31.4 Å². The molecule has 2 aromatic rings. The smallest absolute Gasteiger partial charge is 0.407 e. The van der Waals surface area contributed by atoms with Gasteiger partial charge in [-0.25, -0.2) is 4.79 Å². The van der Waals surface area contributed by atoms with Crippen molar-refractivity contribution in [3.05, 3.63) is 36.0 Å². The largest absolute Gasteiger partial charge is 0.450 e. The van der Waals surface area contributed by atoms with Gasteiger partial charge in [0.05, 0.1) is 6.61 Å². The number of carbonyl (C=O) groups is 2. The zero-order valence-electron chi connectivity index (χ0n) is 13.9. The van der Waals surface area contributed by atoms with Crippen LogP contribution in [0.2, 0.25) is 0 Å². The molecule has 2 heterocycles. The van der Waals surface area contributed by atoms with Crippen molar-refractivity contribution >= 4 is 22.9 Å². The Balaban J connectivity index is 1.80. The molecular weight excluding hydrogens is 306 g/mol. The molecule has 1 aromatic heterocycles. The molecule has 1 aromatic carbocycles. The summed E-state index contributed by atoms with van der Waals surface area (Å²) in [4.78, 5) is 29.7. The van der Waals surface area contributed by atoms with Gasteiger partial charge < -0.3 is 19.9 Å². The van der Waals surface area contributed by atoms with Crippen LogP contribution in [0.25, 0.3) is 10.9 Å². The monoisotopic (exact) mass is 329 g/mol. The summed E-state index contributed by atoms with van der Waals surface area (Å²) < 4.78 is 4.96. The fourth-order valence-electron chi connectivity index (χ4n) is 3.19. The molecule has 2 N–H and O–H groups in total. The van der Waals surface area contributed by atoms with Crippen LogP contribution in [0.1, 0.15) is 25.3 Å². The normalized spacial score (nSPS) is 15.5. The number of hydrogen-bond donors (Lipinski definition) is 2. The highest BCUT2D eigenvalue weighted by atomic mass is 16.5. The van der Waals surface area contributed by atoms with E-state index in [1.165, 1.54) is 0 Å². The van der Waals surface area contributed by atoms with Crippen molar-refractivity contribution in [2.45, 2.75) is 32.2 Å². The lowest BCUT2D eigenvalue weighted by atomic mass is 10.0. The molecule has 128 valence electrons. The minimum Gasteiger partial charge on any atom is -0.450 e. The average Bonchev–Trinajstić information content (AvgIpc) is 3.24. The molecule has 0 bridgehead atoms. The highest BCUT2D eigenvalue weighted by molar-refractivity contribution is 5.88. The van der Waals surface area contributed by atoms with Gasteiger partial charge in [0.15, 0.2) is 0 Å². The maximum Gasteiger partial charge on any atom is 0.407 e. The quantitative estimate of drug-likeness (QED) is 0.885. The molecule has 24 heavy (non-hydrogen) atoms. The molecule has 6 heteroatoms. The zero-order chi connectivity index (χ0) is 16.9. The fraction of sp³-hybridized carbons (Fsp3) is 0.444. The summed E-state index contributed by atoms with van der Waals surface area (Å²) in [6.45, 7) is 3.54. The number of carbonyl (C=O) groups excluding carboxylic acids is 2. The maximum atomic E-state index is 12.8. The Bertz CT molecular complexity index is 719. The van der Waals surface area contributed by atoms with Gasteiger partial charge in [-0.3, -0.25) is 4.79 Å². The molecule has 1 saturated heterocycles. The number of hydrogen-bond acceptors (Lipinski definition) is 3. The van der Waals surface area contributed by atoms with Gasteiger partial charge in [-0.1, -0.05) is 18.2 Å². The summed E-state index contributed by atoms with van der Waals surface area (Å²) in [5, 5.41) is 3.80. The molecule has 6 nitrogen and oxygen atoms in total. The van der Waals surface area contributed by atoms with Crippen LogP contribution in [-0.2, 0) is 16.0 Å². The van der Waals surface area contributed by atoms with Gasteiger partial charge in [-0.15, -0.1) is 0 Å². The summed E-state index contributed by atoms with van der Waals surface area (Å²) in [6.07, 6.45) is 3.84. The van der Waals surface area contributed by atoms with Crippen molar-refractivity contribution in [1.82, 2.24) is 15.2 Å². The molecule has 0 radical (unpaired) electrons. The van der Waals surface area contributed by atoms with Gasteiger partial charge in [0, 0.05) is 36.6 Å². The van der Waals surface area contributed by atoms with E-state index >= 15 is 0 Å². The molecule has 1 aliphatic heterocycles. The molecule has 0 saturated carbocycles. The molecule has 0 unspecified atom stereocenters. The van der Waals surface area contributed by atoms with Crippen LogP contribution in [-0.4, -0.2) is 47.6 Å². The number of fused-ring (bicyclic) bond motifs is 1. The number of aromatic nitrogens is 1. The molecule has 3 rings (SSSR count). The lowest BCUT2D eigenvalue weighted by Gasteiger charge is -2.23. The molecule has 0 aliphatic carbocycles. The predicted molar refractivity (Wildman–Crippen MR) is 91.8 cm³/mol. The molecular formula is C18H23N3O3. The molecule has 0 spiro atoms. The standard InChI is InChI=1S/C18H23N3O3/c1-2-24-18(23)20-16(17(22)21-9-5-6-10-21)11-13-12-19-15-8-4-3-7-14(13)15/h3-4,7-8,12,16,19H,2,5-6,9-11H2,1H3,(H,20,23)/t16-/m0/s1. The Morgan fingerprint density at radius 1 is 1.29 bits per heavy atom. The van der Waals surface area contributed by atoms with E-state index in [1.807, 2.05) is 35.4 Å². The molecule has 1 aliphatic rings. The van der Waals surface area contributed by atoms with Gasteiger partial charge >= 0.3 is 6.09 Å². The number of alkyl carbamates (subject to hydrolysis) is 1. The van der Waals surface area contributed by atoms with Gasteiger partial charge in [0.2, 0.25) is 5.91 Å². The molecule has 2 amide bonds. The first-order chi connectivity index (χ1) is 11.7. The summed E-state index contributed by atoms with van der Waals surface area (Å²) in [6, 6.07) is 7.33. The number of nitrogens with zero attached hydrogens (tertiary/aromatic N) is 1. The van der Waals surface area contributed by atoms with Crippen LogP contribution < -0.4 is 5.32 Å². The summed E-state index contributed by atoms with van der Waals surface area (Å²) >= 11 is 0. The minimum atomic E-state index is -0.610. The van der Waals surface area contributed by atoms with E-state index in [0.29, 0.717) is 6.42 Å². The number of benzene rings is 1. The first-order valence-electron chi connectivity index (χ1n) is 8.46. The third-order valence-electron chi connectivity index (χ3n) is 4.38. The summed E-state index contributed by atoms with van der Waals surface area (Å²) in [7, 11) is 0. The van der Waals surface area contributed by atoms with Crippen LogP contribution in [0.4, 0.5) is 4.79 Å². The zero-order valence-corrected chi connectivity index (χ0v) is 13.9. The van der Waals surface area contributed by atoms with E-state index in [2.05, 4.69) is 10.3 Å². The second kappa shape index (κ2) is 7.38. The Hall–Kier alpha value is -2.50. The average molecular weight is 329 g/mol. The first-order valence-corrected chi connectivity index (χ1v) is 8.46. The fourth-order valence-corrected chi connectivity index (χ4v) is 3.19. The predicted octanol–water partition coefficient (Wildman–Crippen LogP) is 2.45. The van der Waals surface area contributed by atoms with E-state index < -0.39 is 12.1 Å². The van der Waals surface area contributed by atoms with Gasteiger partial charge in [0.1, 0.15) is 6.04 Å². The number of ether oxygens (including phenoxy) is 1. The van der Waals surface area contributed by atoms with E-state index in [9.17, 15) is 9.59 Å². The van der Waals surface area contributed by atoms with E-state index in [4.69, 9.17) is 4.74 Å². The second-order valence-electron chi connectivity index (χ2n) is 6.01.